The van der Waals surface area contributed by atoms with Gasteiger partial charge in [0.2, 0.25) is 5.91 Å². The monoisotopic (exact) mass is 406 g/mol. The molecule has 4 fully saturated rings. The number of nitrogens with one attached hydrogen (secondary N) is 1. The van der Waals surface area contributed by atoms with E-state index in [1.165, 1.54) is 45.2 Å². The van der Waals surface area contributed by atoms with Crippen LogP contribution in [-0.2, 0) is 4.79 Å². The van der Waals surface area contributed by atoms with Crippen LogP contribution in [-0.4, -0.2) is 67.1 Å². The van der Waals surface area contributed by atoms with Crippen molar-refractivity contribution in [2.75, 3.05) is 33.2 Å². The van der Waals surface area contributed by atoms with Crippen molar-refractivity contribution in [3.05, 3.63) is 0 Å². The summed E-state index contributed by atoms with van der Waals surface area (Å²) in [4.78, 5) is 17.8. The van der Waals surface area contributed by atoms with Gasteiger partial charge in [-0.15, -0.1) is 24.8 Å². The normalized spacial score (nSPS) is 36.4. The first-order valence-electron chi connectivity index (χ1n) is 10.1. The Morgan fingerprint density at radius 3 is 2.12 bits per heavy atom. The van der Waals surface area contributed by atoms with Crippen LogP contribution >= 0.6 is 24.8 Å². The second-order valence-corrected chi connectivity index (χ2v) is 8.79. The number of amides is 1. The average Bonchev–Trinajstić information content (AvgIpc) is 3.17. The van der Waals surface area contributed by atoms with E-state index in [1.54, 1.807) is 0 Å². The number of nitrogens with zero attached hydrogens (tertiary/aromatic N) is 2. The van der Waals surface area contributed by atoms with E-state index in [0.29, 0.717) is 17.9 Å². The largest absolute Gasteiger partial charge is 0.353 e. The molecule has 4 unspecified atom stereocenters. The molecule has 7 heteroatoms. The molecule has 2 heterocycles. The minimum atomic E-state index is 0. The summed E-state index contributed by atoms with van der Waals surface area (Å²) in [7, 11) is 2.22. The van der Waals surface area contributed by atoms with E-state index in [2.05, 4.69) is 22.2 Å². The maximum absolute atomic E-state index is 12.7. The van der Waals surface area contributed by atoms with Crippen molar-refractivity contribution < 1.29 is 4.79 Å². The van der Waals surface area contributed by atoms with Gasteiger partial charge in [-0.1, -0.05) is 0 Å². The van der Waals surface area contributed by atoms with E-state index in [4.69, 9.17) is 5.73 Å². The van der Waals surface area contributed by atoms with Crippen LogP contribution in [0.5, 0.6) is 0 Å². The quantitative estimate of drug-likeness (QED) is 0.750. The third-order valence-electron chi connectivity index (χ3n) is 7.36. The first kappa shape index (κ1) is 22.2. The summed E-state index contributed by atoms with van der Waals surface area (Å²) in [5.74, 6) is 1.52. The van der Waals surface area contributed by atoms with Crippen LogP contribution < -0.4 is 11.1 Å². The molecule has 0 aromatic carbocycles. The smallest absolute Gasteiger partial charge is 0.225 e. The Kier molecular flexibility index (Phi) is 8.05. The third kappa shape index (κ3) is 4.49. The molecule has 0 aromatic heterocycles. The zero-order chi connectivity index (χ0) is 16.7. The number of rotatable bonds is 3. The number of piperidine rings is 2. The van der Waals surface area contributed by atoms with Crippen LogP contribution in [0.3, 0.4) is 0 Å². The average molecular weight is 407 g/mol. The maximum Gasteiger partial charge on any atom is 0.225 e. The number of likely N-dealkylation sites (tertiary alicyclic amines) is 2. The highest BCUT2D eigenvalue weighted by Gasteiger charge is 2.49. The fraction of sp³-hybridized carbons (Fsp3) is 0.947. The van der Waals surface area contributed by atoms with Crippen molar-refractivity contribution in [2.45, 2.75) is 63.1 Å². The number of hydrogen-bond donors (Lipinski definition) is 2. The Morgan fingerprint density at radius 2 is 1.54 bits per heavy atom. The number of nitrogens with two attached hydrogens (primary N) is 1. The van der Waals surface area contributed by atoms with Gasteiger partial charge in [0.05, 0.1) is 5.92 Å². The summed E-state index contributed by atoms with van der Waals surface area (Å²) in [6.45, 7) is 4.73. The zero-order valence-electron chi connectivity index (χ0n) is 15.9. The van der Waals surface area contributed by atoms with E-state index < -0.39 is 0 Å². The van der Waals surface area contributed by atoms with E-state index in [-0.39, 0.29) is 42.7 Å². The molecule has 2 saturated carbocycles. The lowest BCUT2D eigenvalue weighted by Gasteiger charge is -2.41. The van der Waals surface area contributed by atoms with Gasteiger partial charge in [-0.2, -0.15) is 0 Å². The molecule has 2 bridgehead atoms. The molecule has 2 aliphatic heterocycles. The van der Waals surface area contributed by atoms with Gasteiger partial charge < -0.3 is 20.9 Å². The summed E-state index contributed by atoms with van der Waals surface area (Å²) in [5.41, 5.74) is 6.33. The van der Waals surface area contributed by atoms with Crippen molar-refractivity contribution in [1.29, 1.82) is 0 Å². The summed E-state index contributed by atoms with van der Waals surface area (Å²) in [6, 6.07) is 1.24. The van der Waals surface area contributed by atoms with E-state index in [9.17, 15) is 4.79 Å². The molecule has 5 nitrogen and oxygen atoms in total. The summed E-state index contributed by atoms with van der Waals surface area (Å²) >= 11 is 0. The van der Waals surface area contributed by atoms with E-state index in [1.807, 2.05) is 0 Å². The fourth-order valence-electron chi connectivity index (χ4n) is 5.79. The standard InChI is InChI=1S/C19H34N4O.2ClH/c1-22-8-6-16(7-9-22)23-10-4-15(5-11-23)21-19(24)17-13-2-3-14(12-13)18(17)20;;/h13-18H,2-12,20H2,1H3,(H,21,24);2*1H. The summed E-state index contributed by atoms with van der Waals surface area (Å²) in [5, 5.41) is 3.35. The molecule has 1 amide bonds. The van der Waals surface area contributed by atoms with Gasteiger partial charge in [0.1, 0.15) is 0 Å². The summed E-state index contributed by atoms with van der Waals surface area (Å²) < 4.78 is 0. The first-order chi connectivity index (χ1) is 11.6. The number of halogens is 2. The molecule has 0 spiro atoms. The van der Waals surface area contributed by atoms with E-state index in [0.717, 1.165) is 32.0 Å². The number of carbonyl (C=O) groups excluding carboxylic acids is 1. The predicted octanol–water partition coefficient (Wildman–Crippen LogP) is 1.88. The molecular formula is C19H36Cl2N4O. The Balaban J connectivity index is 0.00000121. The molecule has 3 N–H and O–H groups in total. The molecule has 26 heavy (non-hydrogen) atoms. The van der Waals surface area contributed by atoms with Crippen LogP contribution in [0.25, 0.3) is 0 Å². The molecule has 2 saturated heterocycles. The van der Waals surface area contributed by atoms with Crippen LogP contribution in [0.4, 0.5) is 0 Å². The highest BCUT2D eigenvalue weighted by Crippen LogP contribution is 2.47. The van der Waals surface area contributed by atoms with Crippen molar-refractivity contribution in [1.82, 2.24) is 15.1 Å². The first-order valence-corrected chi connectivity index (χ1v) is 10.1. The number of hydrogen-bond acceptors (Lipinski definition) is 4. The van der Waals surface area contributed by atoms with Crippen molar-refractivity contribution in [3.8, 4) is 0 Å². The molecule has 0 aromatic rings. The minimum Gasteiger partial charge on any atom is -0.353 e. The second-order valence-electron chi connectivity index (χ2n) is 8.79. The second kappa shape index (κ2) is 9.42. The van der Waals surface area contributed by atoms with Gasteiger partial charge in [0.25, 0.3) is 0 Å². The molecule has 0 radical (unpaired) electrons. The summed E-state index contributed by atoms with van der Waals surface area (Å²) in [6.07, 6.45) is 8.45. The lowest BCUT2D eigenvalue weighted by atomic mass is 9.84. The van der Waals surface area contributed by atoms with Gasteiger partial charge in [0.15, 0.2) is 0 Å². The molecule has 4 atom stereocenters. The highest BCUT2D eigenvalue weighted by atomic mass is 35.5. The highest BCUT2D eigenvalue weighted by molar-refractivity contribution is 5.85. The lowest BCUT2D eigenvalue weighted by Crippen LogP contribution is -2.53. The van der Waals surface area contributed by atoms with Crippen molar-refractivity contribution in [3.63, 3.8) is 0 Å². The number of fused-ring (bicyclic) bond motifs is 2. The van der Waals surface area contributed by atoms with Gasteiger partial charge in [0, 0.05) is 31.2 Å². The van der Waals surface area contributed by atoms with Crippen molar-refractivity contribution >= 4 is 30.7 Å². The Hall–Kier alpha value is -0.0700. The maximum atomic E-state index is 12.7. The Bertz CT molecular complexity index is 462. The fourth-order valence-corrected chi connectivity index (χ4v) is 5.79. The molecule has 4 aliphatic rings. The van der Waals surface area contributed by atoms with Gasteiger partial charge in [-0.3, -0.25) is 4.79 Å². The Labute approximate surface area is 170 Å². The predicted molar refractivity (Wildman–Crippen MR) is 110 cm³/mol. The van der Waals surface area contributed by atoms with Gasteiger partial charge in [-0.05, 0) is 76.9 Å². The van der Waals surface area contributed by atoms with Crippen LogP contribution in [0.15, 0.2) is 0 Å². The Morgan fingerprint density at radius 1 is 0.923 bits per heavy atom. The molecule has 2 aliphatic carbocycles. The lowest BCUT2D eigenvalue weighted by molar-refractivity contribution is -0.128. The van der Waals surface area contributed by atoms with E-state index >= 15 is 0 Å². The van der Waals surface area contributed by atoms with Crippen LogP contribution in [0.2, 0.25) is 0 Å². The third-order valence-corrected chi connectivity index (χ3v) is 7.36. The topological polar surface area (TPSA) is 61.6 Å². The van der Waals surface area contributed by atoms with Crippen LogP contribution in [0, 0.1) is 17.8 Å². The minimum absolute atomic E-state index is 0. The number of carbonyl (C=O) groups is 1. The van der Waals surface area contributed by atoms with Crippen molar-refractivity contribution in [2.24, 2.45) is 23.5 Å². The molecule has 152 valence electrons. The van der Waals surface area contributed by atoms with Gasteiger partial charge in [-0.25, -0.2) is 0 Å². The zero-order valence-corrected chi connectivity index (χ0v) is 17.6. The van der Waals surface area contributed by atoms with Gasteiger partial charge >= 0.3 is 0 Å². The molecule has 4 rings (SSSR count). The SMILES string of the molecule is CN1CCC(N2CCC(NC(=O)C3C4CCC(C4)C3N)CC2)CC1.Cl.Cl. The molecular weight excluding hydrogens is 371 g/mol. The van der Waals surface area contributed by atoms with Crippen LogP contribution in [0.1, 0.15) is 44.9 Å².